The molecule has 0 radical (unpaired) electrons. The Morgan fingerprint density at radius 3 is 2.50 bits per heavy atom. The second-order valence-corrected chi connectivity index (χ2v) is 8.46. The van der Waals surface area contributed by atoms with Crippen LogP contribution in [-0.2, 0) is 16.6 Å². The van der Waals surface area contributed by atoms with Gasteiger partial charge in [0.15, 0.2) is 0 Å². The highest BCUT2D eigenvalue weighted by atomic mass is 32.2. The van der Waals surface area contributed by atoms with Crippen LogP contribution in [0.3, 0.4) is 0 Å². The molecule has 0 unspecified atom stereocenters. The Balaban J connectivity index is 1.92. The molecule has 1 aromatic heterocycles. The first-order valence-corrected chi connectivity index (χ1v) is 10.3. The molecule has 7 nitrogen and oxygen atoms in total. The van der Waals surface area contributed by atoms with Crippen molar-refractivity contribution in [2.24, 2.45) is 5.92 Å². The quantitative estimate of drug-likeness (QED) is 0.869. The van der Waals surface area contributed by atoms with E-state index < -0.39 is 15.9 Å². The fourth-order valence-corrected chi connectivity index (χ4v) is 4.55. The SMILES string of the molecule is CCn1cc(C(=O)Nc2ccccc2)c(S(=O)(=O)N2CCC(C)CC2)n1. The zero-order valence-electron chi connectivity index (χ0n) is 15.1. The highest BCUT2D eigenvalue weighted by Crippen LogP contribution is 2.25. The minimum atomic E-state index is -3.80. The van der Waals surface area contributed by atoms with Crippen LogP contribution < -0.4 is 5.32 Å². The Morgan fingerprint density at radius 1 is 1.23 bits per heavy atom. The Hall–Kier alpha value is -2.19. The van der Waals surface area contributed by atoms with Crippen LogP contribution in [0.2, 0.25) is 0 Å². The van der Waals surface area contributed by atoms with Gasteiger partial charge < -0.3 is 5.32 Å². The summed E-state index contributed by atoms with van der Waals surface area (Å²) in [4.78, 5) is 12.7. The predicted octanol–water partition coefficient (Wildman–Crippen LogP) is 2.58. The minimum Gasteiger partial charge on any atom is -0.322 e. The number of nitrogens with zero attached hydrogens (tertiary/aromatic N) is 3. The molecule has 2 heterocycles. The van der Waals surface area contributed by atoms with Crippen LogP contribution in [0.4, 0.5) is 5.69 Å². The van der Waals surface area contributed by atoms with Gasteiger partial charge in [0.25, 0.3) is 15.9 Å². The van der Waals surface area contributed by atoms with E-state index in [0.717, 1.165) is 12.8 Å². The topological polar surface area (TPSA) is 84.3 Å². The summed E-state index contributed by atoms with van der Waals surface area (Å²) in [5.41, 5.74) is 0.686. The smallest absolute Gasteiger partial charge is 0.263 e. The van der Waals surface area contributed by atoms with Crippen LogP contribution in [-0.4, -0.2) is 41.5 Å². The molecular weight excluding hydrogens is 352 g/mol. The monoisotopic (exact) mass is 376 g/mol. The number of aromatic nitrogens is 2. The summed E-state index contributed by atoms with van der Waals surface area (Å²) in [6.07, 6.45) is 3.14. The maximum Gasteiger partial charge on any atom is 0.263 e. The van der Waals surface area contributed by atoms with Gasteiger partial charge in [0.1, 0.15) is 0 Å². The van der Waals surface area contributed by atoms with Crippen molar-refractivity contribution in [2.75, 3.05) is 18.4 Å². The lowest BCUT2D eigenvalue weighted by Gasteiger charge is -2.28. The number of nitrogens with one attached hydrogen (secondary N) is 1. The van der Waals surface area contributed by atoms with Crippen molar-refractivity contribution in [2.45, 2.75) is 38.3 Å². The van der Waals surface area contributed by atoms with E-state index in [1.54, 1.807) is 24.3 Å². The lowest BCUT2D eigenvalue weighted by atomic mass is 10.0. The second-order valence-electron chi connectivity index (χ2n) is 6.61. The van der Waals surface area contributed by atoms with E-state index >= 15 is 0 Å². The van der Waals surface area contributed by atoms with Crippen LogP contribution in [0.5, 0.6) is 0 Å². The van der Waals surface area contributed by atoms with Crippen molar-refractivity contribution in [3.05, 3.63) is 42.1 Å². The highest BCUT2D eigenvalue weighted by molar-refractivity contribution is 7.89. The third kappa shape index (κ3) is 3.81. The van der Waals surface area contributed by atoms with Gasteiger partial charge in [0.2, 0.25) is 5.03 Å². The van der Waals surface area contributed by atoms with Crippen LogP contribution in [0, 0.1) is 5.92 Å². The van der Waals surface area contributed by atoms with Gasteiger partial charge in [-0.1, -0.05) is 25.1 Å². The molecule has 1 aliphatic rings. The highest BCUT2D eigenvalue weighted by Gasteiger charge is 2.34. The van der Waals surface area contributed by atoms with Crippen LogP contribution >= 0.6 is 0 Å². The van der Waals surface area contributed by atoms with E-state index in [1.807, 2.05) is 13.0 Å². The molecular formula is C18H24N4O3S. The summed E-state index contributed by atoms with van der Waals surface area (Å²) in [5.74, 6) is 0.0374. The molecule has 1 amide bonds. The van der Waals surface area contributed by atoms with Crippen LogP contribution in [0.25, 0.3) is 0 Å². The predicted molar refractivity (Wildman–Crippen MR) is 99.5 cm³/mol. The number of rotatable bonds is 5. The Bertz CT molecular complexity index is 869. The Labute approximate surface area is 154 Å². The molecule has 0 aliphatic carbocycles. The van der Waals surface area contributed by atoms with Gasteiger partial charge >= 0.3 is 0 Å². The van der Waals surface area contributed by atoms with Gasteiger partial charge in [-0.2, -0.15) is 9.40 Å². The average Bonchev–Trinajstić information content (AvgIpc) is 3.08. The van der Waals surface area contributed by atoms with Gasteiger partial charge in [-0.25, -0.2) is 8.42 Å². The molecule has 1 aliphatic heterocycles. The molecule has 140 valence electrons. The van der Waals surface area contributed by atoms with Gasteiger partial charge in [0.05, 0.1) is 5.56 Å². The van der Waals surface area contributed by atoms with E-state index in [9.17, 15) is 13.2 Å². The van der Waals surface area contributed by atoms with Crippen molar-refractivity contribution < 1.29 is 13.2 Å². The maximum absolute atomic E-state index is 13.1. The fraction of sp³-hybridized carbons (Fsp3) is 0.444. The van der Waals surface area contributed by atoms with Crippen molar-refractivity contribution in [1.29, 1.82) is 0 Å². The molecule has 1 aromatic carbocycles. The lowest BCUT2D eigenvalue weighted by molar-refractivity contribution is 0.102. The van der Waals surface area contributed by atoms with Crippen molar-refractivity contribution in [1.82, 2.24) is 14.1 Å². The van der Waals surface area contributed by atoms with E-state index in [2.05, 4.69) is 17.3 Å². The van der Waals surface area contributed by atoms with Crippen LogP contribution in [0.15, 0.2) is 41.6 Å². The number of hydrogen-bond acceptors (Lipinski definition) is 4. The normalized spacial score (nSPS) is 16.5. The summed E-state index contributed by atoms with van der Waals surface area (Å²) in [5, 5.41) is 6.76. The van der Waals surface area contributed by atoms with Crippen molar-refractivity contribution in [3.63, 3.8) is 0 Å². The molecule has 0 atom stereocenters. The summed E-state index contributed by atoms with van der Waals surface area (Å²) >= 11 is 0. The Kier molecular flexibility index (Phi) is 5.43. The van der Waals surface area contributed by atoms with Gasteiger partial charge in [-0.05, 0) is 37.8 Å². The molecule has 3 rings (SSSR count). The number of carbonyl (C=O) groups is 1. The number of aryl methyl sites for hydroxylation is 1. The first-order valence-electron chi connectivity index (χ1n) is 8.85. The van der Waals surface area contributed by atoms with Gasteiger partial charge in [0, 0.05) is 31.5 Å². The molecule has 0 bridgehead atoms. The fourth-order valence-electron chi connectivity index (χ4n) is 2.98. The number of hydrogen-bond donors (Lipinski definition) is 1. The number of benzene rings is 1. The first-order chi connectivity index (χ1) is 12.4. The summed E-state index contributed by atoms with van der Waals surface area (Å²) in [7, 11) is -3.80. The molecule has 1 N–H and O–H groups in total. The number of para-hydroxylation sites is 1. The van der Waals surface area contributed by atoms with E-state index in [0.29, 0.717) is 31.2 Å². The molecule has 26 heavy (non-hydrogen) atoms. The maximum atomic E-state index is 13.1. The third-order valence-electron chi connectivity index (χ3n) is 4.65. The van der Waals surface area contributed by atoms with Gasteiger partial charge in [-0.15, -0.1) is 0 Å². The molecule has 1 saturated heterocycles. The lowest BCUT2D eigenvalue weighted by Crippen LogP contribution is -2.38. The number of anilines is 1. The second kappa shape index (κ2) is 7.59. The van der Waals surface area contributed by atoms with E-state index in [1.165, 1.54) is 15.2 Å². The zero-order chi connectivity index (χ0) is 18.7. The molecule has 8 heteroatoms. The molecule has 2 aromatic rings. The van der Waals surface area contributed by atoms with Gasteiger partial charge in [-0.3, -0.25) is 9.48 Å². The summed E-state index contributed by atoms with van der Waals surface area (Å²) in [6.45, 7) is 5.38. The number of carbonyl (C=O) groups excluding carboxylic acids is 1. The molecule has 0 saturated carbocycles. The van der Waals surface area contributed by atoms with Crippen molar-refractivity contribution in [3.8, 4) is 0 Å². The van der Waals surface area contributed by atoms with E-state index in [-0.39, 0.29) is 10.6 Å². The number of piperidine rings is 1. The average molecular weight is 376 g/mol. The third-order valence-corrected chi connectivity index (χ3v) is 6.49. The largest absolute Gasteiger partial charge is 0.322 e. The summed E-state index contributed by atoms with van der Waals surface area (Å²) in [6, 6.07) is 8.96. The van der Waals surface area contributed by atoms with Crippen LogP contribution in [0.1, 0.15) is 37.0 Å². The number of sulfonamides is 1. The minimum absolute atomic E-state index is 0.0781. The zero-order valence-corrected chi connectivity index (χ0v) is 15.9. The first kappa shape index (κ1) is 18.6. The molecule has 0 spiro atoms. The Morgan fingerprint density at radius 2 is 1.88 bits per heavy atom. The van der Waals surface area contributed by atoms with Crippen molar-refractivity contribution >= 4 is 21.6 Å². The molecule has 1 fully saturated rings. The summed E-state index contributed by atoms with van der Waals surface area (Å²) < 4.78 is 29.1. The number of amides is 1. The van der Waals surface area contributed by atoms with E-state index in [4.69, 9.17) is 0 Å². The standard InChI is InChI=1S/C18H24N4O3S/c1-3-21-13-16(17(23)19-15-7-5-4-6-8-15)18(20-21)26(24,25)22-11-9-14(2)10-12-22/h4-8,13-14H,3,9-12H2,1-2H3,(H,19,23).